The van der Waals surface area contributed by atoms with Gasteiger partial charge in [0.1, 0.15) is 0 Å². The molecule has 0 saturated carbocycles. The lowest BCUT2D eigenvalue weighted by Gasteiger charge is -2.21. The van der Waals surface area contributed by atoms with Crippen LogP contribution in [-0.4, -0.2) is 43.5 Å². The zero-order valence-corrected chi connectivity index (χ0v) is 24.4. The van der Waals surface area contributed by atoms with Crippen LogP contribution in [0.15, 0.2) is 60.7 Å². The van der Waals surface area contributed by atoms with Crippen molar-refractivity contribution < 1.29 is 33.4 Å². The van der Waals surface area contributed by atoms with Crippen molar-refractivity contribution in [2.24, 2.45) is 0 Å². The summed E-state index contributed by atoms with van der Waals surface area (Å²) in [6.07, 6.45) is 1.80. The highest BCUT2D eigenvalue weighted by Gasteiger charge is 2.29. The molecule has 0 atom stereocenters. The maximum Gasteiger partial charge on any atom is 0.305 e. The highest BCUT2D eigenvalue weighted by molar-refractivity contribution is 6.24. The van der Waals surface area contributed by atoms with Gasteiger partial charge in [0.25, 0.3) is 0 Å². The van der Waals surface area contributed by atoms with Crippen molar-refractivity contribution in [3.05, 3.63) is 94.0 Å². The zero-order valence-electron chi connectivity index (χ0n) is 24.4. The van der Waals surface area contributed by atoms with Crippen molar-refractivity contribution >= 4 is 50.8 Å². The standard InChI is InChI=1S/C35H34O7/c1-21(36)29-19-23-11-5-7-13-25(23)27(15-9-17-31(38)41-3)33(29)35(40)34-28(16-10-18-32(39)42-4)26-14-8-6-12-24(26)20-30(34)22(2)37/h5-8,11-14,19-20H,9-10,15-18H2,1-4H3. The zero-order chi connectivity index (χ0) is 30.4. The lowest BCUT2D eigenvalue weighted by atomic mass is 9.81. The molecule has 7 heteroatoms. The van der Waals surface area contributed by atoms with Crippen molar-refractivity contribution in [3.63, 3.8) is 0 Å². The minimum atomic E-state index is -0.428. The van der Waals surface area contributed by atoms with Gasteiger partial charge in [-0.3, -0.25) is 24.0 Å². The predicted octanol–water partition coefficient (Wildman–Crippen LogP) is 6.62. The van der Waals surface area contributed by atoms with Gasteiger partial charge in [-0.05, 0) is 84.3 Å². The van der Waals surface area contributed by atoms with Gasteiger partial charge in [-0.2, -0.15) is 0 Å². The average molecular weight is 567 g/mol. The molecule has 0 radical (unpaired) electrons. The molecular weight excluding hydrogens is 532 g/mol. The number of hydrogen-bond acceptors (Lipinski definition) is 7. The summed E-state index contributed by atoms with van der Waals surface area (Å²) in [6.45, 7) is 2.84. The number of fused-ring (bicyclic) bond motifs is 2. The third-order valence-electron chi connectivity index (χ3n) is 7.60. The SMILES string of the molecule is COC(=O)CCCc1c(C(=O)c2c(C(C)=O)cc3ccccc3c2CCCC(=O)OC)c(C(C)=O)cc2ccccc12. The lowest BCUT2D eigenvalue weighted by Crippen LogP contribution is -2.18. The molecule has 0 aliphatic carbocycles. The van der Waals surface area contributed by atoms with Gasteiger partial charge in [-0.1, -0.05) is 48.5 Å². The summed E-state index contributed by atoms with van der Waals surface area (Å²) in [4.78, 5) is 64.9. The van der Waals surface area contributed by atoms with Gasteiger partial charge in [0.15, 0.2) is 17.3 Å². The molecule has 42 heavy (non-hydrogen) atoms. The van der Waals surface area contributed by atoms with E-state index < -0.39 is 5.78 Å². The van der Waals surface area contributed by atoms with Crippen LogP contribution in [0, 0.1) is 0 Å². The second-order valence-corrected chi connectivity index (χ2v) is 10.3. The highest BCUT2D eigenvalue weighted by atomic mass is 16.5. The number of Topliss-reactive ketones (excluding diaryl/α,β-unsaturated/α-hetero) is 2. The van der Waals surface area contributed by atoms with Gasteiger partial charge in [0.2, 0.25) is 0 Å². The van der Waals surface area contributed by atoms with Crippen LogP contribution in [-0.2, 0) is 31.9 Å². The number of benzene rings is 4. The fourth-order valence-electron chi connectivity index (χ4n) is 5.59. The summed E-state index contributed by atoms with van der Waals surface area (Å²) in [7, 11) is 2.65. The molecule has 0 saturated heterocycles. The Labute approximate surface area is 244 Å². The van der Waals surface area contributed by atoms with Crippen molar-refractivity contribution in [1.82, 2.24) is 0 Å². The quantitative estimate of drug-likeness (QED) is 0.140. The summed E-state index contributed by atoms with van der Waals surface area (Å²) in [6, 6.07) is 18.5. The average Bonchev–Trinajstić information content (AvgIpc) is 2.99. The maximum absolute atomic E-state index is 14.8. The molecule has 0 aromatic heterocycles. The topological polar surface area (TPSA) is 104 Å². The molecule has 216 valence electrons. The molecule has 0 bridgehead atoms. The molecule has 0 spiro atoms. The number of ether oxygens (including phenoxy) is 2. The van der Waals surface area contributed by atoms with E-state index in [-0.39, 0.29) is 58.6 Å². The van der Waals surface area contributed by atoms with E-state index in [2.05, 4.69) is 0 Å². The number of hydrogen-bond donors (Lipinski definition) is 0. The Morgan fingerprint density at radius 1 is 0.595 bits per heavy atom. The van der Waals surface area contributed by atoms with Crippen LogP contribution < -0.4 is 0 Å². The molecule has 0 fully saturated rings. The Bertz CT molecular complexity index is 1590. The normalized spacial score (nSPS) is 11.0. The van der Waals surface area contributed by atoms with Crippen molar-refractivity contribution in [3.8, 4) is 0 Å². The monoisotopic (exact) mass is 566 g/mol. The van der Waals surface area contributed by atoms with Crippen LogP contribution in [0.25, 0.3) is 21.5 Å². The molecule has 0 aliphatic heterocycles. The van der Waals surface area contributed by atoms with E-state index in [1.807, 2.05) is 48.5 Å². The Balaban J connectivity index is 2.01. The van der Waals surface area contributed by atoms with Crippen LogP contribution in [0.5, 0.6) is 0 Å². The van der Waals surface area contributed by atoms with Gasteiger partial charge in [0.05, 0.1) is 14.2 Å². The van der Waals surface area contributed by atoms with E-state index >= 15 is 0 Å². The second kappa shape index (κ2) is 13.3. The fraction of sp³-hybridized carbons (Fsp3) is 0.286. The Hall–Kier alpha value is -4.65. The fourth-order valence-corrected chi connectivity index (χ4v) is 5.59. The third-order valence-corrected chi connectivity index (χ3v) is 7.60. The predicted molar refractivity (Wildman–Crippen MR) is 161 cm³/mol. The Morgan fingerprint density at radius 2 is 0.976 bits per heavy atom. The molecule has 0 unspecified atom stereocenters. The molecule has 4 aromatic rings. The van der Waals surface area contributed by atoms with Crippen LogP contribution in [0.3, 0.4) is 0 Å². The lowest BCUT2D eigenvalue weighted by molar-refractivity contribution is -0.141. The number of methoxy groups -OCH3 is 2. The van der Waals surface area contributed by atoms with E-state index in [0.717, 1.165) is 21.5 Å². The van der Waals surface area contributed by atoms with Crippen LogP contribution in [0.2, 0.25) is 0 Å². The Kier molecular flexibility index (Phi) is 9.63. The van der Waals surface area contributed by atoms with Crippen molar-refractivity contribution in [1.29, 1.82) is 0 Å². The number of rotatable bonds is 12. The summed E-state index contributed by atoms with van der Waals surface area (Å²) in [5.41, 5.74) is 2.28. The third kappa shape index (κ3) is 6.30. The smallest absolute Gasteiger partial charge is 0.305 e. The first-order valence-corrected chi connectivity index (χ1v) is 14.0. The number of esters is 2. The molecule has 4 rings (SSSR count). The van der Waals surface area contributed by atoms with Gasteiger partial charge >= 0.3 is 11.9 Å². The number of aryl methyl sites for hydroxylation is 2. The van der Waals surface area contributed by atoms with Gasteiger partial charge < -0.3 is 9.47 Å². The Morgan fingerprint density at radius 3 is 1.33 bits per heavy atom. The molecule has 0 amide bonds. The van der Waals surface area contributed by atoms with Gasteiger partial charge in [-0.15, -0.1) is 0 Å². The highest BCUT2D eigenvalue weighted by Crippen LogP contribution is 2.35. The second-order valence-electron chi connectivity index (χ2n) is 10.3. The summed E-state index contributed by atoms with van der Waals surface area (Å²) < 4.78 is 9.63. The maximum atomic E-state index is 14.8. The first kappa shape index (κ1) is 30.3. The summed E-state index contributed by atoms with van der Waals surface area (Å²) >= 11 is 0. The largest absolute Gasteiger partial charge is 0.469 e. The van der Waals surface area contributed by atoms with Crippen LogP contribution in [0.1, 0.15) is 87.3 Å². The number of ketones is 3. The van der Waals surface area contributed by atoms with Crippen LogP contribution in [0.4, 0.5) is 0 Å². The molecule has 0 heterocycles. The van der Waals surface area contributed by atoms with Gasteiger partial charge in [-0.25, -0.2) is 0 Å². The molecular formula is C35H34O7. The number of carbonyl (C=O) groups excluding carboxylic acids is 5. The van der Waals surface area contributed by atoms with Gasteiger partial charge in [0, 0.05) is 35.1 Å². The van der Waals surface area contributed by atoms with Crippen molar-refractivity contribution in [2.45, 2.75) is 52.4 Å². The number of carbonyl (C=O) groups is 5. The van der Waals surface area contributed by atoms with E-state index in [0.29, 0.717) is 36.8 Å². The minimum Gasteiger partial charge on any atom is -0.469 e. The first-order chi connectivity index (χ1) is 20.2. The van der Waals surface area contributed by atoms with E-state index in [1.165, 1.54) is 28.1 Å². The molecule has 0 N–H and O–H groups in total. The summed E-state index contributed by atoms with van der Waals surface area (Å²) in [5.74, 6) is -1.72. The molecule has 7 nitrogen and oxygen atoms in total. The van der Waals surface area contributed by atoms with E-state index in [9.17, 15) is 24.0 Å². The minimum absolute atomic E-state index is 0.149. The molecule has 4 aromatic carbocycles. The van der Waals surface area contributed by atoms with Crippen LogP contribution >= 0.6 is 0 Å². The first-order valence-electron chi connectivity index (χ1n) is 14.0. The molecule has 0 aliphatic rings. The van der Waals surface area contributed by atoms with Crippen molar-refractivity contribution in [2.75, 3.05) is 14.2 Å². The van der Waals surface area contributed by atoms with E-state index in [1.54, 1.807) is 12.1 Å². The summed E-state index contributed by atoms with van der Waals surface area (Å²) in [5, 5.41) is 3.20. The van der Waals surface area contributed by atoms with E-state index in [4.69, 9.17) is 9.47 Å².